The summed E-state index contributed by atoms with van der Waals surface area (Å²) in [5, 5.41) is 4.97. The van der Waals surface area contributed by atoms with Gasteiger partial charge in [-0.25, -0.2) is 0 Å². The molecule has 0 aromatic heterocycles. The molecular weight excluding hydrogens is 526 g/mol. The third-order valence-electron chi connectivity index (χ3n) is 4.36. The van der Waals surface area contributed by atoms with E-state index in [9.17, 15) is 9.59 Å². The average molecular weight is 547 g/mol. The number of carbonyl (C=O) groups is 2. The van der Waals surface area contributed by atoms with Crippen molar-refractivity contribution < 1.29 is 14.3 Å². The van der Waals surface area contributed by atoms with E-state index >= 15 is 0 Å². The van der Waals surface area contributed by atoms with Crippen LogP contribution in [0.5, 0.6) is 5.75 Å². The molecule has 0 spiro atoms. The SMILES string of the molecule is C=C(CC(=O)Nc1ccc2ccccc2c1)NNC(=O)COc1cc(C)c(Br)cc1Br. The number of aryl methyl sites for hydroxylation is 1. The molecule has 0 saturated heterocycles. The predicted octanol–water partition coefficient (Wildman–Crippen LogP) is 5.22. The molecule has 3 aromatic rings. The standard InChI is InChI=1S/C23H21Br2N3O3/c1-14-9-21(20(25)12-19(14)24)31-13-23(30)28-27-15(2)10-22(29)26-18-8-7-16-5-3-4-6-17(16)11-18/h3-9,11-12,27H,2,10,13H2,1H3,(H,26,29)(H,28,30). The second-order valence-electron chi connectivity index (χ2n) is 6.88. The van der Waals surface area contributed by atoms with Crippen molar-refractivity contribution in [3.63, 3.8) is 0 Å². The number of ether oxygens (including phenoxy) is 1. The first-order valence-electron chi connectivity index (χ1n) is 9.41. The Bertz CT molecular complexity index is 1150. The fraction of sp³-hybridized carbons (Fsp3) is 0.130. The average Bonchev–Trinajstić information content (AvgIpc) is 2.73. The van der Waals surface area contributed by atoms with Gasteiger partial charge in [-0.2, -0.15) is 0 Å². The summed E-state index contributed by atoms with van der Waals surface area (Å²) in [4.78, 5) is 24.3. The minimum absolute atomic E-state index is 0.00538. The Morgan fingerprint density at radius 2 is 1.68 bits per heavy atom. The Morgan fingerprint density at radius 1 is 0.935 bits per heavy atom. The first-order chi connectivity index (χ1) is 14.8. The second-order valence-corrected chi connectivity index (χ2v) is 8.59. The fourth-order valence-electron chi connectivity index (χ4n) is 2.79. The zero-order valence-corrected chi connectivity index (χ0v) is 20.0. The highest BCUT2D eigenvalue weighted by Crippen LogP contribution is 2.31. The van der Waals surface area contributed by atoms with Crippen molar-refractivity contribution in [1.82, 2.24) is 10.9 Å². The summed E-state index contributed by atoms with van der Waals surface area (Å²) in [6, 6.07) is 17.3. The van der Waals surface area contributed by atoms with Crippen molar-refractivity contribution in [2.75, 3.05) is 11.9 Å². The smallest absolute Gasteiger partial charge is 0.276 e. The molecule has 0 aliphatic carbocycles. The van der Waals surface area contributed by atoms with Gasteiger partial charge in [0.25, 0.3) is 5.91 Å². The van der Waals surface area contributed by atoms with E-state index in [4.69, 9.17) is 4.74 Å². The molecule has 0 fully saturated rings. The Balaban J connectivity index is 1.43. The number of amides is 2. The molecule has 0 unspecified atom stereocenters. The molecule has 0 radical (unpaired) electrons. The maximum atomic E-state index is 12.3. The van der Waals surface area contributed by atoms with E-state index in [1.165, 1.54) is 0 Å². The molecular formula is C23H21Br2N3O3. The van der Waals surface area contributed by atoms with Crippen LogP contribution in [-0.2, 0) is 9.59 Å². The predicted molar refractivity (Wildman–Crippen MR) is 130 cm³/mol. The van der Waals surface area contributed by atoms with E-state index in [0.29, 0.717) is 17.1 Å². The van der Waals surface area contributed by atoms with E-state index in [1.54, 1.807) is 0 Å². The highest BCUT2D eigenvalue weighted by molar-refractivity contribution is 9.11. The van der Waals surface area contributed by atoms with Gasteiger partial charge in [0.15, 0.2) is 6.61 Å². The molecule has 0 aliphatic heterocycles. The summed E-state index contributed by atoms with van der Waals surface area (Å²) in [5.74, 6) is -0.0828. The monoisotopic (exact) mass is 545 g/mol. The number of hydrogen-bond donors (Lipinski definition) is 3. The number of nitrogens with one attached hydrogen (secondary N) is 3. The number of benzene rings is 3. The second kappa shape index (κ2) is 10.5. The molecule has 31 heavy (non-hydrogen) atoms. The van der Waals surface area contributed by atoms with Crippen LogP contribution in [0.15, 0.2) is 75.8 Å². The lowest BCUT2D eigenvalue weighted by Gasteiger charge is -2.13. The van der Waals surface area contributed by atoms with Crippen molar-refractivity contribution in [1.29, 1.82) is 0 Å². The molecule has 0 aliphatic rings. The third kappa shape index (κ3) is 6.57. The van der Waals surface area contributed by atoms with E-state index in [-0.39, 0.29) is 18.9 Å². The topological polar surface area (TPSA) is 79.5 Å². The molecule has 2 amide bonds. The van der Waals surface area contributed by atoms with E-state index in [0.717, 1.165) is 25.3 Å². The summed E-state index contributed by atoms with van der Waals surface area (Å²) in [6.45, 7) is 5.51. The Labute approximate surface area is 197 Å². The summed E-state index contributed by atoms with van der Waals surface area (Å²) < 4.78 is 7.21. The van der Waals surface area contributed by atoms with Gasteiger partial charge < -0.3 is 15.5 Å². The van der Waals surface area contributed by atoms with Crippen molar-refractivity contribution in [2.45, 2.75) is 13.3 Å². The van der Waals surface area contributed by atoms with Gasteiger partial charge in [0.2, 0.25) is 5.91 Å². The van der Waals surface area contributed by atoms with Gasteiger partial charge in [-0.05, 0) is 63.5 Å². The summed E-state index contributed by atoms with van der Waals surface area (Å²) >= 11 is 6.83. The van der Waals surface area contributed by atoms with Gasteiger partial charge in [0.1, 0.15) is 5.75 Å². The van der Waals surface area contributed by atoms with Crippen molar-refractivity contribution in [3.05, 3.63) is 81.4 Å². The van der Waals surface area contributed by atoms with Crippen LogP contribution in [0.1, 0.15) is 12.0 Å². The number of fused-ring (bicyclic) bond motifs is 1. The number of hydrazine groups is 1. The van der Waals surface area contributed by atoms with Gasteiger partial charge >= 0.3 is 0 Å². The lowest BCUT2D eigenvalue weighted by Crippen LogP contribution is -2.40. The van der Waals surface area contributed by atoms with Crippen molar-refractivity contribution in [3.8, 4) is 5.75 Å². The van der Waals surface area contributed by atoms with Crippen LogP contribution in [0.3, 0.4) is 0 Å². The molecule has 6 nitrogen and oxygen atoms in total. The zero-order valence-electron chi connectivity index (χ0n) is 16.8. The number of rotatable bonds is 8. The largest absolute Gasteiger partial charge is 0.483 e. The molecule has 3 N–H and O–H groups in total. The third-order valence-corrected chi connectivity index (χ3v) is 5.83. The minimum atomic E-state index is -0.399. The number of carbonyl (C=O) groups excluding carboxylic acids is 2. The number of hydrogen-bond acceptors (Lipinski definition) is 4. The van der Waals surface area contributed by atoms with Gasteiger partial charge in [-0.15, -0.1) is 0 Å². The zero-order chi connectivity index (χ0) is 22.4. The quantitative estimate of drug-likeness (QED) is 0.339. The van der Waals surface area contributed by atoms with Gasteiger partial charge in [-0.1, -0.05) is 52.8 Å². The highest BCUT2D eigenvalue weighted by Gasteiger charge is 2.10. The lowest BCUT2D eigenvalue weighted by molar-refractivity contribution is -0.124. The van der Waals surface area contributed by atoms with Crippen LogP contribution < -0.4 is 20.9 Å². The molecule has 160 valence electrons. The summed E-state index contributed by atoms with van der Waals surface area (Å²) in [7, 11) is 0. The van der Waals surface area contributed by atoms with Gasteiger partial charge in [0, 0.05) is 15.9 Å². The van der Waals surface area contributed by atoms with Crippen molar-refractivity contribution >= 4 is 60.1 Å². The Kier molecular flexibility index (Phi) is 7.70. The van der Waals surface area contributed by atoms with Crippen LogP contribution in [0.25, 0.3) is 10.8 Å². The lowest BCUT2D eigenvalue weighted by atomic mass is 10.1. The maximum absolute atomic E-state index is 12.3. The Hall–Kier alpha value is -2.84. The Morgan fingerprint density at radius 3 is 2.45 bits per heavy atom. The van der Waals surface area contributed by atoms with Crippen LogP contribution in [0, 0.1) is 6.92 Å². The summed E-state index contributed by atoms with van der Waals surface area (Å²) in [6.07, 6.45) is 0.00538. The molecule has 0 atom stereocenters. The molecule has 0 bridgehead atoms. The fourth-order valence-corrected chi connectivity index (χ4v) is 3.90. The first-order valence-corrected chi connectivity index (χ1v) is 11.0. The van der Waals surface area contributed by atoms with E-state index in [2.05, 4.69) is 54.6 Å². The normalized spacial score (nSPS) is 10.4. The molecule has 8 heteroatoms. The molecule has 0 saturated carbocycles. The van der Waals surface area contributed by atoms with Crippen LogP contribution in [-0.4, -0.2) is 18.4 Å². The van der Waals surface area contributed by atoms with Crippen LogP contribution in [0.2, 0.25) is 0 Å². The van der Waals surface area contributed by atoms with Crippen LogP contribution >= 0.6 is 31.9 Å². The minimum Gasteiger partial charge on any atom is -0.483 e. The van der Waals surface area contributed by atoms with E-state index < -0.39 is 5.91 Å². The molecule has 3 rings (SSSR count). The van der Waals surface area contributed by atoms with Crippen LogP contribution in [0.4, 0.5) is 5.69 Å². The van der Waals surface area contributed by atoms with Gasteiger partial charge in [0.05, 0.1) is 10.9 Å². The summed E-state index contributed by atoms with van der Waals surface area (Å²) in [5.41, 5.74) is 7.16. The highest BCUT2D eigenvalue weighted by atomic mass is 79.9. The number of halogens is 2. The maximum Gasteiger partial charge on any atom is 0.276 e. The van der Waals surface area contributed by atoms with E-state index in [1.807, 2.05) is 61.5 Å². The molecule has 0 heterocycles. The van der Waals surface area contributed by atoms with Gasteiger partial charge in [-0.3, -0.25) is 15.0 Å². The van der Waals surface area contributed by atoms with Crippen molar-refractivity contribution in [2.24, 2.45) is 0 Å². The number of anilines is 1. The first kappa shape index (κ1) is 22.8. The molecule has 3 aromatic carbocycles.